The molecule has 3 aromatic rings. The molecule has 0 atom stereocenters. The number of anilines is 2. The van der Waals surface area contributed by atoms with Gasteiger partial charge in [0.1, 0.15) is 5.82 Å². The predicted molar refractivity (Wildman–Crippen MR) is 79.8 cm³/mol. The van der Waals surface area contributed by atoms with Crippen molar-refractivity contribution in [2.75, 3.05) is 11.5 Å². The second-order valence-corrected chi connectivity index (χ2v) is 4.58. The summed E-state index contributed by atoms with van der Waals surface area (Å²) in [5.74, 6) is 0.401. The molecule has 3 nitrogen and oxygen atoms in total. The van der Waals surface area contributed by atoms with Crippen LogP contribution >= 0.6 is 0 Å². The highest BCUT2D eigenvalue weighted by molar-refractivity contribution is 5.86. The largest absolute Gasteiger partial charge is 0.396 e. The van der Waals surface area contributed by atoms with E-state index in [-0.39, 0.29) is 0 Å². The summed E-state index contributed by atoms with van der Waals surface area (Å²) in [6.07, 6.45) is 2.46. The average Bonchev–Trinajstić information content (AvgIpc) is 2.44. The summed E-state index contributed by atoms with van der Waals surface area (Å²) in [6.45, 7) is 0. The zero-order chi connectivity index (χ0) is 13.2. The fourth-order valence-electron chi connectivity index (χ4n) is 2.34. The average molecular weight is 249 g/mol. The highest BCUT2D eigenvalue weighted by Crippen LogP contribution is 2.25. The van der Waals surface area contributed by atoms with E-state index in [1.54, 1.807) is 6.20 Å². The molecule has 94 valence electrons. The highest BCUT2D eigenvalue weighted by Gasteiger charge is 2.06. The summed E-state index contributed by atoms with van der Waals surface area (Å²) in [7, 11) is 0. The molecule has 2 aromatic carbocycles. The van der Waals surface area contributed by atoms with Crippen LogP contribution in [0.5, 0.6) is 0 Å². The van der Waals surface area contributed by atoms with Gasteiger partial charge in [-0.2, -0.15) is 0 Å². The lowest BCUT2D eigenvalue weighted by molar-refractivity contribution is 1.19. The summed E-state index contributed by atoms with van der Waals surface area (Å²) in [4.78, 5) is 4.00. The van der Waals surface area contributed by atoms with E-state index in [1.165, 1.54) is 16.3 Å². The summed E-state index contributed by atoms with van der Waals surface area (Å²) in [5.41, 5.74) is 14.6. The smallest absolute Gasteiger partial charge is 0.146 e. The van der Waals surface area contributed by atoms with E-state index < -0.39 is 0 Å². The Morgan fingerprint density at radius 1 is 0.842 bits per heavy atom. The van der Waals surface area contributed by atoms with E-state index in [4.69, 9.17) is 11.5 Å². The Morgan fingerprint density at radius 3 is 2.53 bits per heavy atom. The zero-order valence-electron chi connectivity index (χ0n) is 10.5. The number of pyridine rings is 1. The van der Waals surface area contributed by atoms with Crippen molar-refractivity contribution < 1.29 is 0 Å². The summed E-state index contributed by atoms with van der Waals surface area (Å²) >= 11 is 0. The topological polar surface area (TPSA) is 64.9 Å². The number of aromatic nitrogens is 1. The molecule has 0 aliphatic carbocycles. The van der Waals surface area contributed by atoms with Gasteiger partial charge in [-0.25, -0.2) is 4.98 Å². The minimum atomic E-state index is 0.401. The van der Waals surface area contributed by atoms with Gasteiger partial charge in [-0.15, -0.1) is 0 Å². The Kier molecular flexibility index (Phi) is 2.80. The molecule has 0 aliphatic rings. The van der Waals surface area contributed by atoms with Crippen LogP contribution in [0.1, 0.15) is 11.1 Å². The van der Waals surface area contributed by atoms with Crippen LogP contribution in [0.3, 0.4) is 0 Å². The lowest BCUT2D eigenvalue weighted by Crippen LogP contribution is -2.02. The summed E-state index contributed by atoms with van der Waals surface area (Å²) in [5, 5.41) is 2.49. The first-order valence-corrected chi connectivity index (χ1v) is 6.21. The molecular weight excluding hydrogens is 234 g/mol. The Labute approximate surface area is 111 Å². The van der Waals surface area contributed by atoms with Crippen molar-refractivity contribution in [1.29, 1.82) is 0 Å². The third-order valence-corrected chi connectivity index (χ3v) is 3.37. The Balaban J connectivity index is 2.09. The van der Waals surface area contributed by atoms with Gasteiger partial charge in [-0.3, -0.25) is 0 Å². The molecule has 0 bridgehead atoms. The van der Waals surface area contributed by atoms with Crippen molar-refractivity contribution in [1.82, 2.24) is 4.98 Å². The van der Waals surface area contributed by atoms with Gasteiger partial charge in [0, 0.05) is 12.6 Å². The number of hydrogen-bond acceptors (Lipinski definition) is 3. The van der Waals surface area contributed by atoms with Gasteiger partial charge in [-0.05, 0) is 28.0 Å². The molecule has 0 amide bonds. The van der Waals surface area contributed by atoms with Crippen LogP contribution in [0.2, 0.25) is 0 Å². The number of nitrogens with zero attached hydrogens (tertiary/aromatic N) is 1. The van der Waals surface area contributed by atoms with Crippen molar-refractivity contribution in [2.24, 2.45) is 0 Å². The van der Waals surface area contributed by atoms with Crippen LogP contribution in [0, 0.1) is 0 Å². The van der Waals surface area contributed by atoms with Crippen LogP contribution in [0.25, 0.3) is 10.8 Å². The zero-order valence-corrected chi connectivity index (χ0v) is 10.5. The first-order chi connectivity index (χ1) is 9.25. The lowest BCUT2D eigenvalue weighted by Gasteiger charge is -2.09. The molecule has 19 heavy (non-hydrogen) atoms. The van der Waals surface area contributed by atoms with E-state index in [1.807, 2.05) is 12.1 Å². The Hall–Kier alpha value is -2.55. The summed E-state index contributed by atoms with van der Waals surface area (Å²) in [6, 6.07) is 16.6. The van der Waals surface area contributed by atoms with Crippen molar-refractivity contribution in [3.8, 4) is 0 Å². The molecule has 4 N–H and O–H groups in total. The molecule has 0 saturated carbocycles. The van der Waals surface area contributed by atoms with Gasteiger partial charge in [0.05, 0.1) is 5.69 Å². The van der Waals surface area contributed by atoms with E-state index in [9.17, 15) is 0 Å². The SMILES string of the molecule is Nc1nccc(Cc2cccc3ccccc23)c1N. The maximum Gasteiger partial charge on any atom is 0.146 e. The quantitative estimate of drug-likeness (QED) is 0.733. The third kappa shape index (κ3) is 2.10. The van der Waals surface area contributed by atoms with Gasteiger partial charge >= 0.3 is 0 Å². The molecular formula is C16H15N3. The van der Waals surface area contributed by atoms with Gasteiger partial charge in [0.15, 0.2) is 0 Å². The van der Waals surface area contributed by atoms with Gasteiger partial charge in [0.2, 0.25) is 0 Å². The van der Waals surface area contributed by atoms with Crippen LogP contribution in [0.15, 0.2) is 54.7 Å². The molecule has 1 heterocycles. The Bertz CT molecular complexity index is 730. The van der Waals surface area contributed by atoms with Crippen LogP contribution in [-0.4, -0.2) is 4.98 Å². The van der Waals surface area contributed by atoms with Gasteiger partial charge in [-0.1, -0.05) is 42.5 Å². The van der Waals surface area contributed by atoms with E-state index >= 15 is 0 Å². The normalized spacial score (nSPS) is 10.7. The fourth-order valence-corrected chi connectivity index (χ4v) is 2.34. The van der Waals surface area contributed by atoms with Crippen molar-refractivity contribution in [3.05, 3.63) is 65.9 Å². The van der Waals surface area contributed by atoms with Gasteiger partial charge < -0.3 is 11.5 Å². The molecule has 0 fully saturated rings. The predicted octanol–water partition coefficient (Wildman–Crippen LogP) is 2.99. The molecule has 3 rings (SSSR count). The number of rotatable bonds is 2. The number of hydrogen-bond donors (Lipinski definition) is 2. The molecule has 0 aliphatic heterocycles. The molecule has 0 saturated heterocycles. The van der Waals surface area contributed by atoms with Crippen LogP contribution in [0.4, 0.5) is 11.5 Å². The number of benzene rings is 2. The third-order valence-electron chi connectivity index (χ3n) is 3.37. The van der Waals surface area contributed by atoms with Crippen LogP contribution < -0.4 is 11.5 Å². The maximum absolute atomic E-state index is 5.99. The van der Waals surface area contributed by atoms with Crippen molar-refractivity contribution >= 4 is 22.3 Å². The molecule has 0 unspecified atom stereocenters. The van der Waals surface area contributed by atoms with E-state index in [0.717, 1.165) is 12.0 Å². The van der Waals surface area contributed by atoms with E-state index in [2.05, 4.69) is 41.4 Å². The fraction of sp³-hybridized carbons (Fsp3) is 0.0625. The monoisotopic (exact) mass is 249 g/mol. The number of fused-ring (bicyclic) bond motifs is 1. The van der Waals surface area contributed by atoms with Crippen molar-refractivity contribution in [2.45, 2.75) is 6.42 Å². The minimum Gasteiger partial charge on any atom is -0.396 e. The second-order valence-electron chi connectivity index (χ2n) is 4.58. The lowest BCUT2D eigenvalue weighted by atomic mass is 9.98. The first-order valence-electron chi connectivity index (χ1n) is 6.21. The standard InChI is InChI=1S/C16H15N3/c17-15-13(8-9-19-16(15)18)10-12-6-3-5-11-4-1-2-7-14(11)12/h1-9H,10,17H2,(H2,18,19). The molecule has 3 heteroatoms. The molecule has 0 spiro atoms. The maximum atomic E-state index is 5.99. The van der Waals surface area contributed by atoms with E-state index in [0.29, 0.717) is 11.5 Å². The van der Waals surface area contributed by atoms with Gasteiger partial charge in [0.25, 0.3) is 0 Å². The first kappa shape index (κ1) is 11.5. The van der Waals surface area contributed by atoms with Crippen LogP contribution in [-0.2, 0) is 6.42 Å². The second kappa shape index (κ2) is 4.61. The number of nitrogens with two attached hydrogens (primary N) is 2. The molecule has 1 aromatic heterocycles. The minimum absolute atomic E-state index is 0.401. The Morgan fingerprint density at radius 2 is 1.63 bits per heavy atom. The number of nitrogen functional groups attached to an aromatic ring is 2. The summed E-state index contributed by atoms with van der Waals surface area (Å²) < 4.78 is 0. The highest BCUT2D eigenvalue weighted by atomic mass is 14.9. The molecule has 0 radical (unpaired) electrons. The van der Waals surface area contributed by atoms with Crippen molar-refractivity contribution in [3.63, 3.8) is 0 Å².